The quantitative estimate of drug-likeness (QED) is 0.689. The van der Waals surface area contributed by atoms with Crippen LogP contribution in [-0.2, 0) is 4.79 Å². The zero-order valence-corrected chi connectivity index (χ0v) is 14.4. The molecule has 0 unspecified atom stereocenters. The highest BCUT2D eigenvalue weighted by Gasteiger charge is 2.10. The maximum Gasteiger partial charge on any atom is 0.248 e. The van der Waals surface area contributed by atoms with E-state index in [2.05, 4.69) is 24.1 Å². The van der Waals surface area contributed by atoms with Gasteiger partial charge in [0.05, 0.1) is 5.69 Å². The van der Waals surface area contributed by atoms with Crippen LogP contribution in [0.3, 0.4) is 0 Å². The Hall–Kier alpha value is -2.11. The Kier molecular flexibility index (Phi) is 4.50. The van der Waals surface area contributed by atoms with Crippen molar-refractivity contribution < 1.29 is 4.79 Å². The van der Waals surface area contributed by atoms with E-state index >= 15 is 0 Å². The van der Waals surface area contributed by atoms with Crippen LogP contribution in [0.15, 0.2) is 41.9 Å². The molecule has 6 heteroatoms. The third-order valence-electron chi connectivity index (χ3n) is 3.49. The molecule has 1 amide bonds. The van der Waals surface area contributed by atoms with Gasteiger partial charge in [0, 0.05) is 23.3 Å². The number of fused-ring (bicyclic) bond motifs is 1. The SMILES string of the molecule is CC(C)c1ccccc1NC(=O)/C=C/c1c(Cl)nc2sccn12. The molecule has 0 radical (unpaired) electrons. The number of amides is 1. The lowest BCUT2D eigenvalue weighted by Crippen LogP contribution is -2.10. The maximum atomic E-state index is 12.2. The maximum absolute atomic E-state index is 12.2. The van der Waals surface area contributed by atoms with Crippen LogP contribution in [0.1, 0.15) is 31.0 Å². The van der Waals surface area contributed by atoms with Crippen LogP contribution in [0.25, 0.3) is 11.0 Å². The molecule has 3 aromatic rings. The summed E-state index contributed by atoms with van der Waals surface area (Å²) in [6.07, 6.45) is 5.04. The van der Waals surface area contributed by atoms with Crippen molar-refractivity contribution in [3.63, 3.8) is 0 Å². The van der Waals surface area contributed by atoms with Gasteiger partial charge in [0.1, 0.15) is 0 Å². The minimum absolute atomic E-state index is 0.195. The van der Waals surface area contributed by atoms with Gasteiger partial charge in [0.15, 0.2) is 10.1 Å². The van der Waals surface area contributed by atoms with Crippen molar-refractivity contribution in [1.82, 2.24) is 9.38 Å². The molecule has 1 N–H and O–H groups in total. The molecule has 2 heterocycles. The molecule has 0 aliphatic rings. The van der Waals surface area contributed by atoms with Gasteiger partial charge in [-0.3, -0.25) is 9.20 Å². The number of rotatable bonds is 4. The Balaban J connectivity index is 1.80. The molecule has 4 nitrogen and oxygen atoms in total. The summed E-state index contributed by atoms with van der Waals surface area (Å²) < 4.78 is 1.86. The first kappa shape index (κ1) is 15.8. The highest BCUT2D eigenvalue weighted by molar-refractivity contribution is 7.15. The molecular weight excluding hydrogens is 330 g/mol. The van der Waals surface area contributed by atoms with Gasteiger partial charge in [-0.1, -0.05) is 43.6 Å². The number of benzene rings is 1. The predicted octanol–water partition coefficient (Wildman–Crippen LogP) is 4.82. The van der Waals surface area contributed by atoms with E-state index in [1.807, 2.05) is 40.2 Å². The first-order chi connectivity index (χ1) is 11.1. The molecule has 23 heavy (non-hydrogen) atoms. The molecule has 0 fully saturated rings. The molecule has 0 bridgehead atoms. The first-order valence-electron chi connectivity index (χ1n) is 7.25. The van der Waals surface area contributed by atoms with Gasteiger partial charge in [-0.25, -0.2) is 4.98 Å². The minimum atomic E-state index is -0.195. The van der Waals surface area contributed by atoms with Crippen LogP contribution in [0.4, 0.5) is 5.69 Å². The Bertz CT molecular complexity index is 879. The number of thiazole rings is 1. The number of imidazole rings is 1. The van der Waals surface area contributed by atoms with Gasteiger partial charge < -0.3 is 5.32 Å². The summed E-state index contributed by atoms with van der Waals surface area (Å²) in [5.74, 6) is 0.143. The number of nitrogens with one attached hydrogen (secondary N) is 1. The Morgan fingerprint density at radius 2 is 2.17 bits per heavy atom. The molecule has 0 spiro atoms. The number of anilines is 1. The van der Waals surface area contributed by atoms with Crippen molar-refractivity contribution in [2.24, 2.45) is 0 Å². The number of nitrogens with zero attached hydrogens (tertiary/aromatic N) is 2. The fourth-order valence-corrected chi connectivity index (χ4v) is 3.37. The number of halogens is 1. The van der Waals surface area contributed by atoms with Crippen molar-refractivity contribution in [1.29, 1.82) is 0 Å². The van der Waals surface area contributed by atoms with Crippen LogP contribution in [0, 0.1) is 0 Å². The standard InChI is InChI=1S/C17H16ClN3OS/c1-11(2)12-5-3-4-6-13(12)19-15(22)8-7-14-16(18)20-17-21(14)9-10-23-17/h3-11H,1-2H3,(H,19,22)/b8-7+. The average molecular weight is 346 g/mol. The molecule has 0 aliphatic heterocycles. The van der Waals surface area contributed by atoms with E-state index in [-0.39, 0.29) is 5.91 Å². The summed E-state index contributed by atoms with van der Waals surface area (Å²) in [6, 6.07) is 7.81. The fourth-order valence-electron chi connectivity index (χ4n) is 2.37. The summed E-state index contributed by atoms with van der Waals surface area (Å²) in [4.78, 5) is 17.2. The highest BCUT2D eigenvalue weighted by atomic mass is 35.5. The van der Waals surface area contributed by atoms with Gasteiger partial charge in [0.25, 0.3) is 0 Å². The number of para-hydroxylation sites is 1. The van der Waals surface area contributed by atoms with Crippen molar-refractivity contribution in [2.45, 2.75) is 19.8 Å². The van der Waals surface area contributed by atoms with Crippen molar-refractivity contribution in [2.75, 3.05) is 5.32 Å². The number of aromatic nitrogens is 2. The van der Waals surface area contributed by atoms with E-state index in [4.69, 9.17) is 11.6 Å². The predicted molar refractivity (Wildman–Crippen MR) is 96.3 cm³/mol. The van der Waals surface area contributed by atoms with Crippen molar-refractivity contribution in [3.05, 3.63) is 58.3 Å². The summed E-state index contributed by atoms with van der Waals surface area (Å²) >= 11 is 7.61. The minimum Gasteiger partial charge on any atom is -0.322 e. The van der Waals surface area contributed by atoms with Crippen LogP contribution >= 0.6 is 22.9 Å². The molecule has 0 saturated heterocycles. The lowest BCUT2D eigenvalue weighted by Gasteiger charge is -2.12. The second kappa shape index (κ2) is 6.56. The zero-order chi connectivity index (χ0) is 16.4. The number of carbonyl (C=O) groups excluding carboxylic acids is 1. The van der Waals surface area contributed by atoms with Gasteiger partial charge in [-0.15, -0.1) is 11.3 Å². The van der Waals surface area contributed by atoms with Gasteiger partial charge in [-0.2, -0.15) is 0 Å². The Labute approximate surface area is 143 Å². The average Bonchev–Trinajstić information content (AvgIpc) is 3.06. The van der Waals surface area contributed by atoms with Crippen LogP contribution < -0.4 is 5.32 Å². The third-order valence-corrected chi connectivity index (χ3v) is 4.52. The Morgan fingerprint density at radius 3 is 2.96 bits per heavy atom. The number of carbonyl (C=O) groups is 1. The largest absolute Gasteiger partial charge is 0.322 e. The third kappa shape index (κ3) is 3.30. The van der Waals surface area contributed by atoms with E-state index in [0.717, 1.165) is 16.2 Å². The monoisotopic (exact) mass is 345 g/mol. The van der Waals surface area contributed by atoms with Gasteiger partial charge >= 0.3 is 0 Å². The summed E-state index contributed by atoms with van der Waals surface area (Å²) in [7, 11) is 0. The second-order valence-corrected chi connectivity index (χ2v) is 6.64. The zero-order valence-electron chi connectivity index (χ0n) is 12.8. The topological polar surface area (TPSA) is 46.4 Å². The second-order valence-electron chi connectivity index (χ2n) is 5.41. The number of hydrogen-bond acceptors (Lipinski definition) is 3. The lowest BCUT2D eigenvalue weighted by atomic mass is 10.0. The fraction of sp³-hybridized carbons (Fsp3) is 0.176. The van der Waals surface area contributed by atoms with Crippen LogP contribution in [0.5, 0.6) is 0 Å². The van der Waals surface area contributed by atoms with E-state index in [1.165, 1.54) is 17.4 Å². The number of hydrogen-bond donors (Lipinski definition) is 1. The van der Waals surface area contributed by atoms with Crippen LogP contribution in [0.2, 0.25) is 5.15 Å². The summed E-state index contributed by atoms with van der Waals surface area (Å²) in [5.41, 5.74) is 2.64. The molecular formula is C17H16ClN3OS. The van der Waals surface area contributed by atoms with E-state index < -0.39 is 0 Å². The van der Waals surface area contributed by atoms with E-state index in [1.54, 1.807) is 6.08 Å². The molecule has 118 valence electrons. The molecule has 0 saturated carbocycles. The molecule has 2 aromatic heterocycles. The first-order valence-corrected chi connectivity index (χ1v) is 8.51. The normalized spacial score (nSPS) is 11.7. The smallest absolute Gasteiger partial charge is 0.248 e. The van der Waals surface area contributed by atoms with Crippen molar-refractivity contribution >= 4 is 45.6 Å². The lowest BCUT2D eigenvalue weighted by molar-refractivity contribution is -0.111. The molecule has 0 atom stereocenters. The highest BCUT2D eigenvalue weighted by Crippen LogP contribution is 2.24. The van der Waals surface area contributed by atoms with E-state index in [9.17, 15) is 4.79 Å². The molecule has 3 rings (SSSR count). The summed E-state index contributed by atoms with van der Waals surface area (Å²) in [5, 5.41) is 5.24. The van der Waals surface area contributed by atoms with Crippen molar-refractivity contribution in [3.8, 4) is 0 Å². The van der Waals surface area contributed by atoms with Gasteiger partial charge in [0.2, 0.25) is 5.91 Å². The van der Waals surface area contributed by atoms with Gasteiger partial charge in [-0.05, 0) is 23.6 Å². The summed E-state index contributed by atoms with van der Waals surface area (Å²) in [6.45, 7) is 4.19. The van der Waals surface area contributed by atoms with E-state index in [0.29, 0.717) is 16.8 Å². The molecule has 1 aromatic carbocycles. The molecule has 0 aliphatic carbocycles. The Morgan fingerprint density at radius 1 is 1.39 bits per heavy atom. The van der Waals surface area contributed by atoms with Crippen LogP contribution in [-0.4, -0.2) is 15.3 Å².